The van der Waals surface area contributed by atoms with Crippen molar-refractivity contribution >= 4 is 17.5 Å². The third kappa shape index (κ3) is 5.05. The van der Waals surface area contributed by atoms with Crippen LogP contribution in [0.4, 0.5) is 0 Å². The fourth-order valence-corrected chi connectivity index (χ4v) is 2.71. The van der Waals surface area contributed by atoms with Gasteiger partial charge in [0.25, 0.3) is 5.91 Å². The molecule has 0 aliphatic carbocycles. The summed E-state index contributed by atoms with van der Waals surface area (Å²) in [5.41, 5.74) is 3.09. The van der Waals surface area contributed by atoms with Crippen LogP contribution in [0, 0.1) is 19.8 Å². The maximum atomic E-state index is 12.5. The van der Waals surface area contributed by atoms with E-state index in [2.05, 4.69) is 29.5 Å². The lowest BCUT2D eigenvalue weighted by Gasteiger charge is -2.08. The highest BCUT2D eigenvalue weighted by Crippen LogP contribution is 2.15. The molecule has 25 heavy (non-hydrogen) atoms. The molecule has 2 amide bonds. The number of imidazole rings is 1. The molecule has 0 spiro atoms. The molecule has 6 nitrogen and oxygen atoms in total. The van der Waals surface area contributed by atoms with E-state index < -0.39 is 0 Å². The van der Waals surface area contributed by atoms with E-state index in [1.54, 1.807) is 0 Å². The van der Waals surface area contributed by atoms with E-state index in [4.69, 9.17) is 0 Å². The number of carbonyl (C=O) groups excluding carboxylic acids is 2. The lowest BCUT2D eigenvalue weighted by molar-refractivity contribution is -0.121. The molecule has 0 atom stereocenters. The molecule has 136 valence electrons. The van der Waals surface area contributed by atoms with Crippen LogP contribution < -0.4 is 10.6 Å². The van der Waals surface area contributed by atoms with Crippen LogP contribution in [0.5, 0.6) is 0 Å². The maximum Gasteiger partial charge on any atom is 0.270 e. The highest BCUT2D eigenvalue weighted by molar-refractivity contribution is 5.94. The third-order valence-electron chi connectivity index (χ3n) is 4.14. The highest BCUT2D eigenvalue weighted by atomic mass is 16.2. The van der Waals surface area contributed by atoms with Gasteiger partial charge in [-0.3, -0.25) is 14.0 Å². The number of rotatable bonds is 8. The van der Waals surface area contributed by atoms with Gasteiger partial charge in [-0.15, -0.1) is 0 Å². The molecule has 2 heterocycles. The molecule has 2 rings (SSSR count). The molecule has 0 saturated heterocycles. The van der Waals surface area contributed by atoms with Crippen LogP contribution in [0.2, 0.25) is 0 Å². The van der Waals surface area contributed by atoms with Gasteiger partial charge in [0.05, 0.1) is 5.69 Å². The number of nitrogens with zero attached hydrogens (tertiary/aromatic N) is 2. The number of carbonyl (C=O) groups is 2. The quantitative estimate of drug-likeness (QED) is 0.723. The number of hydrogen-bond donors (Lipinski definition) is 2. The minimum Gasteiger partial charge on any atom is -0.356 e. The van der Waals surface area contributed by atoms with E-state index in [1.807, 2.05) is 36.6 Å². The summed E-state index contributed by atoms with van der Waals surface area (Å²) >= 11 is 0. The maximum absolute atomic E-state index is 12.5. The highest BCUT2D eigenvalue weighted by Gasteiger charge is 2.16. The van der Waals surface area contributed by atoms with Gasteiger partial charge in [0.1, 0.15) is 11.3 Å². The largest absolute Gasteiger partial charge is 0.356 e. The number of aromatic nitrogens is 2. The fraction of sp³-hybridized carbons (Fsp3) is 0.526. The van der Waals surface area contributed by atoms with Crippen molar-refractivity contribution in [3.63, 3.8) is 0 Å². The van der Waals surface area contributed by atoms with Gasteiger partial charge in [-0.05, 0) is 44.2 Å². The number of amides is 2. The number of nitrogens with one attached hydrogen (secondary N) is 2. The summed E-state index contributed by atoms with van der Waals surface area (Å²) in [7, 11) is 0. The second-order valence-electron chi connectivity index (χ2n) is 6.82. The van der Waals surface area contributed by atoms with Crippen LogP contribution in [0.15, 0.2) is 18.3 Å². The smallest absolute Gasteiger partial charge is 0.270 e. The number of fused-ring (bicyclic) bond motifs is 1. The molecule has 2 aromatic rings. The van der Waals surface area contributed by atoms with Crippen molar-refractivity contribution in [2.75, 3.05) is 13.1 Å². The van der Waals surface area contributed by atoms with Gasteiger partial charge >= 0.3 is 0 Å². The summed E-state index contributed by atoms with van der Waals surface area (Å²) in [6.45, 7) is 9.25. The summed E-state index contributed by atoms with van der Waals surface area (Å²) < 4.78 is 1.82. The molecule has 0 aliphatic rings. The van der Waals surface area contributed by atoms with Gasteiger partial charge in [0.2, 0.25) is 5.91 Å². The van der Waals surface area contributed by atoms with Gasteiger partial charge in [0, 0.05) is 25.7 Å². The van der Waals surface area contributed by atoms with E-state index >= 15 is 0 Å². The summed E-state index contributed by atoms with van der Waals surface area (Å²) in [4.78, 5) is 28.7. The monoisotopic (exact) mass is 344 g/mol. The first kappa shape index (κ1) is 19.0. The molecular weight excluding hydrogens is 316 g/mol. The van der Waals surface area contributed by atoms with Crippen molar-refractivity contribution < 1.29 is 9.59 Å². The molecule has 0 saturated carbocycles. The molecule has 6 heteroatoms. The fourth-order valence-electron chi connectivity index (χ4n) is 2.71. The van der Waals surface area contributed by atoms with Gasteiger partial charge < -0.3 is 10.6 Å². The van der Waals surface area contributed by atoms with E-state index in [1.165, 1.54) is 0 Å². The molecule has 0 unspecified atom stereocenters. The summed E-state index contributed by atoms with van der Waals surface area (Å²) in [5.74, 6) is 0.462. The Kier molecular flexibility index (Phi) is 6.56. The number of pyridine rings is 1. The van der Waals surface area contributed by atoms with Gasteiger partial charge in [-0.1, -0.05) is 19.9 Å². The molecule has 0 radical (unpaired) electrons. The Morgan fingerprint density at radius 1 is 1.20 bits per heavy atom. The SMILES string of the molecule is Cc1nc2c(C)cccn2c1C(=O)NCCCC(=O)NCCC(C)C. The molecule has 0 fully saturated rings. The van der Waals surface area contributed by atoms with Crippen LogP contribution >= 0.6 is 0 Å². The first-order chi connectivity index (χ1) is 11.9. The van der Waals surface area contributed by atoms with Gasteiger partial charge in [0.15, 0.2) is 0 Å². The first-order valence-electron chi connectivity index (χ1n) is 8.89. The molecular formula is C19H28N4O2. The minimum absolute atomic E-state index is 0.0384. The summed E-state index contributed by atoms with van der Waals surface area (Å²) in [5, 5.41) is 5.79. The average Bonchev–Trinajstić information content (AvgIpc) is 2.88. The lowest BCUT2D eigenvalue weighted by atomic mass is 10.1. The third-order valence-corrected chi connectivity index (χ3v) is 4.14. The van der Waals surface area contributed by atoms with Crippen molar-refractivity contribution in [1.29, 1.82) is 0 Å². The van der Waals surface area contributed by atoms with Crippen LogP contribution in [0.1, 0.15) is 54.9 Å². The van der Waals surface area contributed by atoms with E-state index in [0.717, 1.165) is 17.6 Å². The normalized spacial score (nSPS) is 11.1. The zero-order valence-corrected chi connectivity index (χ0v) is 15.6. The molecule has 0 aliphatic heterocycles. The predicted molar refractivity (Wildman–Crippen MR) is 98.7 cm³/mol. The summed E-state index contributed by atoms with van der Waals surface area (Å²) in [6, 6.07) is 3.88. The van der Waals surface area contributed by atoms with Gasteiger partial charge in [-0.2, -0.15) is 0 Å². The first-order valence-corrected chi connectivity index (χ1v) is 8.89. The Morgan fingerprint density at radius 3 is 2.68 bits per heavy atom. The Morgan fingerprint density at radius 2 is 1.96 bits per heavy atom. The topological polar surface area (TPSA) is 75.5 Å². The Labute approximate surface area is 149 Å². The standard InChI is InChI=1S/C19H28N4O2/c1-13(2)9-11-20-16(24)8-5-10-21-19(25)17-15(4)22-18-14(3)7-6-12-23(17)18/h6-7,12-13H,5,8-11H2,1-4H3,(H,20,24)(H,21,25). The van der Waals surface area contributed by atoms with Gasteiger partial charge in [-0.25, -0.2) is 4.98 Å². The minimum atomic E-state index is -0.157. The van der Waals surface area contributed by atoms with Crippen molar-refractivity contribution in [1.82, 2.24) is 20.0 Å². The second kappa shape index (κ2) is 8.65. The lowest BCUT2D eigenvalue weighted by Crippen LogP contribution is -2.29. The zero-order chi connectivity index (χ0) is 18.4. The number of hydrogen-bond acceptors (Lipinski definition) is 3. The average molecular weight is 344 g/mol. The number of aryl methyl sites for hydroxylation is 2. The molecule has 2 aromatic heterocycles. The van der Waals surface area contributed by atoms with E-state index in [9.17, 15) is 9.59 Å². The van der Waals surface area contributed by atoms with E-state index in [-0.39, 0.29) is 11.8 Å². The van der Waals surface area contributed by atoms with Crippen LogP contribution in [-0.4, -0.2) is 34.3 Å². The summed E-state index contributed by atoms with van der Waals surface area (Å²) in [6.07, 6.45) is 3.87. The van der Waals surface area contributed by atoms with E-state index in [0.29, 0.717) is 43.2 Å². The van der Waals surface area contributed by atoms with Crippen molar-refractivity contribution in [2.24, 2.45) is 5.92 Å². The second-order valence-corrected chi connectivity index (χ2v) is 6.82. The Balaban J connectivity index is 1.82. The van der Waals surface area contributed by atoms with Crippen LogP contribution in [0.3, 0.4) is 0 Å². The van der Waals surface area contributed by atoms with Crippen molar-refractivity contribution in [3.05, 3.63) is 35.3 Å². The van der Waals surface area contributed by atoms with Crippen LogP contribution in [-0.2, 0) is 4.79 Å². The predicted octanol–water partition coefficient (Wildman–Crippen LogP) is 2.62. The Hall–Kier alpha value is -2.37. The molecule has 0 bridgehead atoms. The zero-order valence-electron chi connectivity index (χ0n) is 15.6. The Bertz CT molecular complexity index is 749. The molecule has 0 aromatic carbocycles. The molecule has 2 N–H and O–H groups in total. The van der Waals surface area contributed by atoms with Crippen LogP contribution in [0.25, 0.3) is 5.65 Å². The van der Waals surface area contributed by atoms with Crippen molar-refractivity contribution in [2.45, 2.75) is 47.0 Å². The van der Waals surface area contributed by atoms with Crippen molar-refractivity contribution in [3.8, 4) is 0 Å².